The van der Waals surface area contributed by atoms with Crippen LogP contribution < -0.4 is 4.74 Å². The average Bonchev–Trinajstić information content (AvgIpc) is 2.71. The Bertz CT molecular complexity index is 995. The molecule has 0 heterocycles. The molecule has 0 radical (unpaired) electrons. The van der Waals surface area contributed by atoms with Crippen molar-refractivity contribution < 1.29 is 14.8 Å². The number of hydrogen-bond donors (Lipinski definition) is 1. The van der Waals surface area contributed by atoms with E-state index in [1.165, 1.54) is 69.4 Å². The zero-order valence-corrected chi connectivity index (χ0v) is 17.1. The second-order valence-electron chi connectivity index (χ2n) is 9.34. The van der Waals surface area contributed by atoms with Crippen molar-refractivity contribution >= 4 is 17.6 Å². The lowest BCUT2D eigenvalue weighted by Gasteiger charge is -2.57. The second kappa shape index (κ2) is 7.11. The van der Waals surface area contributed by atoms with Crippen LogP contribution in [0.2, 0.25) is 0 Å². The van der Waals surface area contributed by atoms with Gasteiger partial charge in [-0.2, -0.15) is 0 Å². The molecule has 1 N–H and O–H groups in total. The van der Waals surface area contributed by atoms with Gasteiger partial charge >= 0.3 is 0 Å². The average molecular weight is 406 g/mol. The summed E-state index contributed by atoms with van der Waals surface area (Å²) in [7, 11) is 1.51. The number of aliphatic imine (C=N–C) groups is 1. The van der Waals surface area contributed by atoms with E-state index in [0.717, 1.165) is 17.8 Å². The zero-order chi connectivity index (χ0) is 20.9. The van der Waals surface area contributed by atoms with E-state index in [-0.39, 0.29) is 16.9 Å². The Kier molecular flexibility index (Phi) is 4.53. The maximum Gasteiger partial charge on any atom is 0.271 e. The van der Waals surface area contributed by atoms with Crippen LogP contribution in [-0.4, -0.2) is 23.4 Å². The zero-order valence-electron chi connectivity index (χ0n) is 17.1. The van der Waals surface area contributed by atoms with Gasteiger partial charge in [-0.1, -0.05) is 6.07 Å². The lowest BCUT2D eigenvalue weighted by molar-refractivity contribution is -0.384. The summed E-state index contributed by atoms with van der Waals surface area (Å²) in [5, 5.41) is 21.5. The molecule has 0 unspecified atom stereocenters. The van der Waals surface area contributed by atoms with Crippen LogP contribution in [0.25, 0.3) is 0 Å². The van der Waals surface area contributed by atoms with Gasteiger partial charge in [0.25, 0.3) is 5.69 Å². The first-order valence-electron chi connectivity index (χ1n) is 10.7. The van der Waals surface area contributed by atoms with Crippen molar-refractivity contribution in [2.24, 2.45) is 22.7 Å². The van der Waals surface area contributed by atoms with Crippen molar-refractivity contribution in [1.82, 2.24) is 0 Å². The molecule has 4 aliphatic carbocycles. The number of nitro benzene ring substituents is 1. The normalized spacial score (nSPS) is 29.4. The van der Waals surface area contributed by atoms with E-state index in [1.54, 1.807) is 12.3 Å². The third-order valence-electron chi connectivity index (χ3n) is 7.39. The van der Waals surface area contributed by atoms with Gasteiger partial charge in [-0.25, -0.2) is 0 Å². The fraction of sp³-hybridized carbons (Fsp3) is 0.458. The number of phenolic OH excluding ortho intramolecular Hbond substituents is 1. The van der Waals surface area contributed by atoms with Crippen LogP contribution in [-0.2, 0) is 5.41 Å². The van der Waals surface area contributed by atoms with Gasteiger partial charge in [-0.3, -0.25) is 15.1 Å². The Balaban J connectivity index is 1.48. The third kappa shape index (κ3) is 3.24. The summed E-state index contributed by atoms with van der Waals surface area (Å²) in [4.78, 5) is 15.1. The molecular formula is C24H26N2O4. The molecule has 156 valence electrons. The molecule has 6 nitrogen and oxygen atoms in total. The lowest BCUT2D eigenvalue weighted by atomic mass is 9.48. The van der Waals surface area contributed by atoms with E-state index in [9.17, 15) is 15.2 Å². The molecule has 0 spiro atoms. The highest BCUT2D eigenvalue weighted by molar-refractivity contribution is 5.86. The molecule has 4 aliphatic rings. The van der Waals surface area contributed by atoms with Gasteiger partial charge in [0.05, 0.1) is 12.0 Å². The Morgan fingerprint density at radius 3 is 2.37 bits per heavy atom. The minimum absolute atomic E-state index is 0.0468. The molecule has 4 saturated carbocycles. The Hall–Kier alpha value is -2.89. The number of benzene rings is 2. The number of aromatic hydroxyl groups is 1. The first-order valence-corrected chi connectivity index (χ1v) is 10.7. The summed E-state index contributed by atoms with van der Waals surface area (Å²) >= 11 is 0. The van der Waals surface area contributed by atoms with Gasteiger partial charge in [-0.05, 0) is 85.5 Å². The molecule has 4 bridgehead atoms. The summed E-state index contributed by atoms with van der Waals surface area (Å²) in [6.07, 6.45) is 9.49. The van der Waals surface area contributed by atoms with Crippen LogP contribution in [0.3, 0.4) is 0 Å². The maximum absolute atomic E-state index is 11.1. The van der Waals surface area contributed by atoms with Gasteiger partial charge in [-0.15, -0.1) is 0 Å². The van der Waals surface area contributed by atoms with Crippen LogP contribution in [0.1, 0.15) is 49.7 Å². The van der Waals surface area contributed by atoms with Crippen molar-refractivity contribution in [3.05, 3.63) is 57.6 Å². The quantitative estimate of drug-likeness (QED) is 0.402. The van der Waals surface area contributed by atoms with E-state index in [1.807, 2.05) is 0 Å². The van der Waals surface area contributed by atoms with E-state index >= 15 is 0 Å². The SMILES string of the molecule is COc1ccc([N+](=O)[O-])cc1N=Cc1cc(C23CC4CC(CC(C4)C2)C3)ccc1O. The summed E-state index contributed by atoms with van der Waals surface area (Å²) < 4.78 is 5.29. The van der Waals surface area contributed by atoms with Crippen molar-refractivity contribution in [2.75, 3.05) is 7.11 Å². The first kappa shape index (κ1) is 19.1. The monoisotopic (exact) mass is 406 g/mol. The maximum atomic E-state index is 11.1. The third-order valence-corrected chi connectivity index (χ3v) is 7.39. The summed E-state index contributed by atoms with van der Waals surface area (Å²) in [5.74, 6) is 3.15. The molecule has 0 atom stereocenters. The highest BCUT2D eigenvalue weighted by atomic mass is 16.6. The number of nitrogens with zero attached hydrogens (tertiary/aromatic N) is 2. The number of phenols is 1. The number of nitro groups is 1. The molecule has 0 aromatic heterocycles. The number of hydrogen-bond acceptors (Lipinski definition) is 5. The van der Waals surface area contributed by atoms with Crippen LogP contribution in [0, 0.1) is 27.9 Å². The van der Waals surface area contributed by atoms with E-state index in [0.29, 0.717) is 17.0 Å². The second-order valence-corrected chi connectivity index (χ2v) is 9.34. The number of methoxy groups -OCH3 is 1. The Labute approximate surface area is 175 Å². The van der Waals surface area contributed by atoms with Gasteiger partial charge in [0.15, 0.2) is 0 Å². The number of non-ortho nitro benzene ring substituents is 1. The van der Waals surface area contributed by atoms with Gasteiger partial charge in [0, 0.05) is 23.9 Å². The molecule has 6 rings (SSSR count). The Morgan fingerprint density at radius 2 is 1.77 bits per heavy atom. The Morgan fingerprint density at radius 1 is 1.10 bits per heavy atom. The first-order chi connectivity index (χ1) is 14.5. The predicted octanol–water partition coefficient (Wildman–Crippen LogP) is 5.53. The van der Waals surface area contributed by atoms with Crippen LogP contribution in [0.4, 0.5) is 11.4 Å². The topological polar surface area (TPSA) is 85.0 Å². The minimum Gasteiger partial charge on any atom is -0.507 e. The summed E-state index contributed by atoms with van der Waals surface area (Å²) in [6.45, 7) is 0. The molecule has 30 heavy (non-hydrogen) atoms. The molecule has 2 aromatic rings. The van der Waals surface area contributed by atoms with E-state index in [2.05, 4.69) is 17.1 Å². The summed E-state index contributed by atoms with van der Waals surface area (Å²) in [6, 6.07) is 10.2. The molecular weight excluding hydrogens is 380 g/mol. The molecule has 0 saturated heterocycles. The highest BCUT2D eigenvalue weighted by Gasteiger charge is 2.51. The number of ether oxygens (including phenoxy) is 1. The molecule has 0 amide bonds. The molecule has 4 fully saturated rings. The number of rotatable bonds is 5. The van der Waals surface area contributed by atoms with Crippen molar-refractivity contribution in [2.45, 2.75) is 43.9 Å². The van der Waals surface area contributed by atoms with Crippen molar-refractivity contribution in [1.29, 1.82) is 0 Å². The molecule has 2 aromatic carbocycles. The lowest BCUT2D eigenvalue weighted by Crippen LogP contribution is -2.48. The van der Waals surface area contributed by atoms with Crippen LogP contribution >= 0.6 is 0 Å². The standard InChI is InChI=1S/C24H26N2O4/c1-30-23-5-3-20(26(28)29)10-21(23)25-14-18-9-19(2-4-22(18)27)24-11-15-6-16(12-24)8-17(7-15)13-24/h2-5,9-10,14-17,27H,6-8,11-13H2,1H3. The van der Waals surface area contributed by atoms with Crippen molar-refractivity contribution in [3.63, 3.8) is 0 Å². The van der Waals surface area contributed by atoms with Crippen LogP contribution in [0.5, 0.6) is 11.5 Å². The fourth-order valence-electron chi connectivity index (χ4n) is 6.48. The van der Waals surface area contributed by atoms with E-state index in [4.69, 9.17) is 4.74 Å². The minimum atomic E-state index is -0.455. The van der Waals surface area contributed by atoms with Gasteiger partial charge < -0.3 is 9.84 Å². The van der Waals surface area contributed by atoms with Crippen LogP contribution in [0.15, 0.2) is 41.4 Å². The smallest absolute Gasteiger partial charge is 0.271 e. The largest absolute Gasteiger partial charge is 0.507 e. The van der Waals surface area contributed by atoms with E-state index < -0.39 is 4.92 Å². The predicted molar refractivity (Wildman–Crippen MR) is 115 cm³/mol. The van der Waals surface area contributed by atoms with Crippen molar-refractivity contribution in [3.8, 4) is 11.5 Å². The van der Waals surface area contributed by atoms with Gasteiger partial charge in [0.2, 0.25) is 0 Å². The summed E-state index contributed by atoms with van der Waals surface area (Å²) in [5.41, 5.74) is 2.48. The highest BCUT2D eigenvalue weighted by Crippen LogP contribution is 2.60. The fourth-order valence-corrected chi connectivity index (χ4v) is 6.48. The van der Waals surface area contributed by atoms with Gasteiger partial charge in [0.1, 0.15) is 17.2 Å². The molecule has 6 heteroatoms. The molecule has 0 aliphatic heterocycles.